The predicted molar refractivity (Wildman–Crippen MR) is 114 cm³/mol. The summed E-state index contributed by atoms with van der Waals surface area (Å²) in [6, 6.07) is 14.0. The Bertz CT molecular complexity index is 997. The molecule has 1 saturated heterocycles. The van der Waals surface area contributed by atoms with Crippen LogP contribution in [0.5, 0.6) is 11.5 Å². The number of nitrogens with one attached hydrogen (secondary N) is 1. The Hall–Kier alpha value is -2.79. The molecular formula is C23H27N3O2. The smallest absolute Gasteiger partial charge is 0.160 e. The normalized spacial score (nSPS) is 15.6. The van der Waals surface area contributed by atoms with Gasteiger partial charge in [0.2, 0.25) is 0 Å². The maximum absolute atomic E-state index is 9.99. The number of pyridine rings is 1. The number of phenols is 1. The van der Waals surface area contributed by atoms with Crippen molar-refractivity contribution in [1.29, 1.82) is 0 Å². The van der Waals surface area contributed by atoms with Crippen LogP contribution in [0.25, 0.3) is 10.9 Å². The second-order valence-corrected chi connectivity index (χ2v) is 7.38. The lowest BCUT2D eigenvalue weighted by molar-refractivity contribution is 0.373. The van der Waals surface area contributed by atoms with Crippen LogP contribution in [0.3, 0.4) is 0 Å². The van der Waals surface area contributed by atoms with Gasteiger partial charge in [-0.1, -0.05) is 31.2 Å². The number of hydrogen-bond acceptors (Lipinski definition) is 5. The van der Waals surface area contributed by atoms with E-state index in [0.29, 0.717) is 5.75 Å². The number of benzene rings is 2. The van der Waals surface area contributed by atoms with Crippen molar-refractivity contribution < 1.29 is 9.84 Å². The monoisotopic (exact) mass is 377 g/mol. The molecule has 1 atom stereocenters. The average molecular weight is 377 g/mol. The highest BCUT2D eigenvalue weighted by atomic mass is 16.5. The minimum atomic E-state index is 0.122. The van der Waals surface area contributed by atoms with Crippen LogP contribution in [0.4, 0.5) is 5.82 Å². The highest BCUT2D eigenvalue weighted by molar-refractivity contribution is 5.86. The highest BCUT2D eigenvalue weighted by Crippen LogP contribution is 2.39. The molecule has 1 unspecified atom stereocenters. The van der Waals surface area contributed by atoms with E-state index >= 15 is 0 Å². The Morgan fingerprint density at radius 2 is 1.89 bits per heavy atom. The molecule has 0 aliphatic carbocycles. The summed E-state index contributed by atoms with van der Waals surface area (Å²) in [5.41, 5.74) is 4.64. The molecule has 1 aliphatic heterocycles. The van der Waals surface area contributed by atoms with Gasteiger partial charge in [-0.2, -0.15) is 0 Å². The van der Waals surface area contributed by atoms with E-state index in [-0.39, 0.29) is 11.7 Å². The minimum Gasteiger partial charge on any atom is -0.504 e. The van der Waals surface area contributed by atoms with Crippen molar-refractivity contribution in [2.24, 2.45) is 0 Å². The molecule has 5 nitrogen and oxygen atoms in total. The van der Waals surface area contributed by atoms with Gasteiger partial charge in [0.1, 0.15) is 5.82 Å². The zero-order valence-electron chi connectivity index (χ0n) is 16.7. The molecule has 0 amide bonds. The van der Waals surface area contributed by atoms with E-state index in [4.69, 9.17) is 9.72 Å². The fourth-order valence-corrected chi connectivity index (χ4v) is 4.14. The number of aryl methyl sites for hydroxylation is 1. The van der Waals surface area contributed by atoms with Crippen LogP contribution in [0.15, 0.2) is 42.5 Å². The van der Waals surface area contributed by atoms with Gasteiger partial charge in [0.05, 0.1) is 12.6 Å². The summed E-state index contributed by atoms with van der Waals surface area (Å²) in [4.78, 5) is 7.47. The number of fused-ring (bicyclic) bond motifs is 1. The molecule has 1 aliphatic rings. The third-order valence-electron chi connectivity index (χ3n) is 5.73. The average Bonchev–Trinajstić information content (AvgIpc) is 2.74. The number of rotatable bonds is 4. The SMILES string of the molecule is COc1cc(C(C)c2c(N3CCNCC3)nc3ccccc3c2C)ccc1O. The van der Waals surface area contributed by atoms with Crippen molar-refractivity contribution in [3.8, 4) is 11.5 Å². The van der Waals surface area contributed by atoms with Crippen molar-refractivity contribution in [1.82, 2.24) is 10.3 Å². The molecule has 146 valence electrons. The van der Waals surface area contributed by atoms with Crippen molar-refractivity contribution in [3.05, 3.63) is 59.2 Å². The van der Waals surface area contributed by atoms with Gasteiger partial charge in [0.25, 0.3) is 0 Å². The molecule has 0 bridgehead atoms. The third-order valence-corrected chi connectivity index (χ3v) is 5.73. The van der Waals surface area contributed by atoms with Gasteiger partial charge in [-0.05, 0) is 36.2 Å². The Balaban J connectivity index is 1.89. The molecule has 28 heavy (non-hydrogen) atoms. The third kappa shape index (κ3) is 3.27. The molecule has 1 fully saturated rings. The Labute approximate surface area is 166 Å². The summed E-state index contributed by atoms with van der Waals surface area (Å²) in [6.07, 6.45) is 0. The number of aromatic nitrogens is 1. The first-order chi connectivity index (χ1) is 13.6. The van der Waals surface area contributed by atoms with Crippen LogP contribution in [-0.2, 0) is 0 Å². The van der Waals surface area contributed by atoms with Gasteiger partial charge in [0, 0.05) is 43.0 Å². The summed E-state index contributed by atoms with van der Waals surface area (Å²) in [5.74, 6) is 1.85. The Kier molecular flexibility index (Phi) is 5.09. The maximum Gasteiger partial charge on any atom is 0.160 e. The molecular weight excluding hydrogens is 350 g/mol. The van der Waals surface area contributed by atoms with Crippen molar-refractivity contribution in [2.75, 3.05) is 38.2 Å². The molecule has 2 N–H and O–H groups in total. The molecule has 0 saturated carbocycles. The molecule has 3 aromatic rings. The number of ether oxygens (including phenoxy) is 1. The zero-order valence-corrected chi connectivity index (χ0v) is 16.7. The van der Waals surface area contributed by atoms with E-state index < -0.39 is 0 Å². The van der Waals surface area contributed by atoms with E-state index in [0.717, 1.165) is 43.1 Å². The number of phenolic OH excluding ortho intramolecular Hbond substituents is 1. The molecule has 0 spiro atoms. The number of hydrogen-bond donors (Lipinski definition) is 2. The van der Waals surface area contributed by atoms with Crippen LogP contribution in [0.2, 0.25) is 0 Å². The summed E-state index contributed by atoms with van der Waals surface area (Å²) in [6.45, 7) is 8.23. The van der Waals surface area contributed by atoms with Crippen LogP contribution < -0.4 is 15.0 Å². The first-order valence-electron chi connectivity index (χ1n) is 9.82. The first-order valence-corrected chi connectivity index (χ1v) is 9.82. The predicted octanol–water partition coefficient (Wildman–Crippen LogP) is 3.82. The quantitative estimate of drug-likeness (QED) is 0.724. The molecule has 2 aromatic carbocycles. The summed E-state index contributed by atoms with van der Waals surface area (Å²) >= 11 is 0. The largest absolute Gasteiger partial charge is 0.504 e. The van der Waals surface area contributed by atoms with E-state index in [1.54, 1.807) is 13.2 Å². The Morgan fingerprint density at radius 1 is 1.14 bits per heavy atom. The van der Waals surface area contributed by atoms with Crippen molar-refractivity contribution in [3.63, 3.8) is 0 Å². The van der Waals surface area contributed by atoms with Gasteiger partial charge >= 0.3 is 0 Å². The summed E-state index contributed by atoms with van der Waals surface area (Å²) < 4.78 is 5.33. The molecule has 4 rings (SSSR count). The van der Waals surface area contributed by atoms with Gasteiger partial charge < -0.3 is 20.1 Å². The van der Waals surface area contributed by atoms with Gasteiger partial charge in [0.15, 0.2) is 11.5 Å². The minimum absolute atomic E-state index is 0.122. The molecule has 5 heteroatoms. The van der Waals surface area contributed by atoms with Crippen LogP contribution in [-0.4, -0.2) is 43.4 Å². The van der Waals surface area contributed by atoms with E-state index in [9.17, 15) is 5.11 Å². The fourth-order valence-electron chi connectivity index (χ4n) is 4.14. The van der Waals surface area contributed by atoms with E-state index in [1.165, 1.54) is 16.5 Å². The number of anilines is 1. The van der Waals surface area contributed by atoms with Crippen LogP contribution >= 0.6 is 0 Å². The lowest BCUT2D eigenvalue weighted by Crippen LogP contribution is -2.44. The second-order valence-electron chi connectivity index (χ2n) is 7.38. The number of para-hydroxylation sites is 1. The fraction of sp³-hybridized carbons (Fsp3) is 0.348. The molecule has 1 aromatic heterocycles. The number of methoxy groups -OCH3 is 1. The van der Waals surface area contributed by atoms with Crippen molar-refractivity contribution in [2.45, 2.75) is 19.8 Å². The highest BCUT2D eigenvalue weighted by Gasteiger charge is 2.24. The second kappa shape index (κ2) is 7.68. The first kappa shape index (κ1) is 18.6. The molecule has 2 heterocycles. The maximum atomic E-state index is 9.99. The summed E-state index contributed by atoms with van der Waals surface area (Å²) in [7, 11) is 1.58. The Morgan fingerprint density at radius 3 is 2.64 bits per heavy atom. The number of piperazine rings is 1. The van der Waals surface area contributed by atoms with Gasteiger partial charge in [-0.3, -0.25) is 0 Å². The standard InChI is InChI=1S/C23H27N3O2/c1-15(17-8-9-20(27)21(14-17)28-3)22-16(2)18-6-4-5-7-19(18)25-23(22)26-12-10-24-11-13-26/h4-9,14-15,24,27H,10-13H2,1-3H3. The van der Waals surface area contributed by atoms with Gasteiger partial charge in [-0.25, -0.2) is 4.98 Å². The van der Waals surface area contributed by atoms with Crippen LogP contribution in [0, 0.1) is 6.92 Å². The molecule has 0 radical (unpaired) electrons. The number of nitrogens with zero attached hydrogens (tertiary/aromatic N) is 2. The van der Waals surface area contributed by atoms with Gasteiger partial charge in [-0.15, -0.1) is 0 Å². The zero-order chi connectivity index (χ0) is 19.7. The van der Waals surface area contributed by atoms with Crippen LogP contribution in [0.1, 0.15) is 29.5 Å². The topological polar surface area (TPSA) is 57.6 Å². The van der Waals surface area contributed by atoms with E-state index in [1.807, 2.05) is 18.2 Å². The van der Waals surface area contributed by atoms with Crippen molar-refractivity contribution >= 4 is 16.7 Å². The number of aromatic hydroxyl groups is 1. The van der Waals surface area contributed by atoms with E-state index in [2.05, 4.69) is 42.3 Å². The lowest BCUT2D eigenvalue weighted by atomic mass is 9.88. The lowest BCUT2D eigenvalue weighted by Gasteiger charge is -2.32. The summed E-state index contributed by atoms with van der Waals surface area (Å²) in [5, 5.41) is 14.6.